The minimum atomic E-state index is -1.80. The molecule has 1 atom stereocenters. The second kappa shape index (κ2) is 15.2. The molecule has 5 aromatic rings. The topological polar surface area (TPSA) is 194 Å². The summed E-state index contributed by atoms with van der Waals surface area (Å²) in [5, 5.41) is 18.7. The van der Waals surface area contributed by atoms with E-state index in [0.717, 1.165) is 75.7 Å². The summed E-state index contributed by atoms with van der Waals surface area (Å²) < 4.78 is 50.8. The molecular formula is C41H43F3N10O6. The van der Waals surface area contributed by atoms with Gasteiger partial charge < -0.3 is 19.8 Å². The van der Waals surface area contributed by atoms with E-state index >= 15 is 0 Å². The lowest BCUT2D eigenvalue weighted by Gasteiger charge is -2.52. The summed E-state index contributed by atoms with van der Waals surface area (Å²) in [4.78, 5) is 68.7. The van der Waals surface area contributed by atoms with E-state index in [2.05, 4.69) is 30.6 Å². The van der Waals surface area contributed by atoms with Crippen LogP contribution in [-0.4, -0.2) is 96.2 Å². The Kier molecular flexibility index (Phi) is 9.95. The van der Waals surface area contributed by atoms with Gasteiger partial charge in [0.25, 0.3) is 11.8 Å². The van der Waals surface area contributed by atoms with E-state index < -0.39 is 46.6 Å². The molecule has 0 spiro atoms. The van der Waals surface area contributed by atoms with Gasteiger partial charge in [-0.25, -0.2) is 23.5 Å². The maximum absolute atomic E-state index is 14.3. The zero-order chi connectivity index (χ0) is 41.9. The van der Waals surface area contributed by atoms with Gasteiger partial charge in [-0.2, -0.15) is 9.37 Å². The molecule has 60 heavy (non-hydrogen) atoms. The van der Waals surface area contributed by atoms with E-state index in [1.54, 1.807) is 23.9 Å². The normalized spacial score (nSPS) is 23.3. The van der Waals surface area contributed by atoms with Gasteiger partial charge in [-0.15, -0.1) is 0 Å². The molecule has 16 nitrogen and oxygen atoms in total. The van der Waals surface area contributed by atoms with Gasteiger partial charge in [0.05, 0.1) is 16.6 Å². The maximum Gasteiger partial charge on any atom is 0.329 e. The number of phenolic OH excluding ortho intramolecular Hbond substituents is 1. The molecule has 1 unspecified atom stereocenters. The molecule has 5 aliphatic rings. The standard InChI is InChI=1S/C41H43F3N10O6/c1-51-29-20-23(2-3-27(29)54(39(51)59)28-4-5-30(55)48-35(28)58)7-15-52-16-18-53(19-17-52)38-45-14-6-26(47-38)36-49-37(50-60-36)41-11-8-40(9-12-41,10-13-41)22-46-34(57)24-21-25(42)33(56)32(44)31(24)43/h2-3,6,14,20-21,28,56H,4-5,7-13,15-19,22H2,1H3,(H,46,57)(H,48,55,58). The van der Waals surface area contributed by atoms with Crippen molar-refractivity contribution in [2.45, 2.75) is 69.2 Å². The molecule has 314 valence electrons. The van der Waals surface area contributed by atoms with E-state index in [1.807, 2.05) is 18.2 Å². The number of carbonyl (C=O) groups is 3. The molecule has 3 aliphatic carbocycles. The fourth-order valence-corrected chi connectivity index (χ4v) is 9.39. The van der Waals surface area contributed by atoms with Crippen molar-refractivity contribution in [1.82, 2.24) is 44.8 Å². The Labute approximate surface area is 340 Å². The Morgan fingerprint density at radius 1 is 0.967 bits per heavy atom. The third-order valence-electron chi connectivity index (χ3n) is 13.2. The number of aromatic hydroxyl groups is 1. The molecule has 5 heterocycles. The van der Waals surface area contributed by atoms with Gasteiger partial charge >= 0.3 is 5.69 Å². The van der Waals surface area contributed by atoms with Gasteiger partial charge in [-0.05, 0) is 86.6 Å². The summed E-state index contributed by atoms with van der Waals surface area (Å²) in [5.74, 6) is -6.52. The van der Waals surface area contributed by atoms with Crippen LogP contribution in [0.5, 0.6) is 5.75 Å². The molecule has 19 heteroatoms. The lowest BCUT2D eigenvalue weighted by atomic mass is 9.53. The number of nitrogens with zero attached hydrogens (tertiary/aromatic N) is 8. The van der Waals surface area contributed by atoms with Gasteiger partial charge in [0.15, 0.2) is 23.2 Å². The van der Waals surface area contributed by atoms with Crippen LogP contribution in [0.4, 0.5) is 19.1 Å². The highest BCUT2D eigenvalue weighted by molar-refractivity contribution is 6.00. The number of hydrogen-bond acceptors (Lipinski definition) is 12. The predicted molar refractivity (Wildman–Crippen MR) is 208 cm³/mol. The zero-order valence-electron chi connectivity index (χ0n) is 32.8. The number of halogens is 3. The minimum absolute atomic E-state index is 0.189. The van der Waals surface area contributed by atoms with Gasteiger partial charge in [-0.1, -0.05) is 11.2 Å². The molecule has 2 saturated heterocycles. The van der Waals surface area contributed by atoms with E-state index in [9.17, 15) is 37.5 Å². The quantitative estimate of drug-likeness (QED) is 0.137. The van der Waals surface area contributed by atoms with Gasteiger partial charge in [0.2, 0.25) is 23.6 Å². The van der Waals surface area contributed by atoms with E-state index in [0.29, 0.717) is 48.0 Å². The number of fused-ring (bicyclic) bond motifs is 4. The van der Waals surface area contributed by atoms with Crippen molar-refractivity contribution in [3.05, 3.63) is 81.4 Å². The lowest BCUT2D eigenvalue weighted by Crippen LogP contribution is -2.49. The molecule has 2 aromatic carbocycles. The van der Waals surface area contributed by atoms with Crippen LogP contribution in [0.1, 0.15) is 79.2 Å². The van der Waals surface area contributed by atoms with Crippen molar-refractivity contribution in [2.75, 3.05) is 44.2 Å². The molecule has 3 N–H and O–H groups in total. The van der Waals surface area contributed by atoms with Crippen LogP contribution in [0.25, 0.3) is 22.6 Å². The first-order valence-corrected chi connectivity index (χ1v) is 20.2. The minimum Gasteiger partial charge on any atom is -0.503 e. The van der Waals surface area contributed by atoms with Crippen molar-refractivity contribution in [3.63, 3.8) is 0 Å². The lowest BCUT2D eigenvalue weighted by molar-refractivity contribution is -0.135. The van der Waals surface area contributed by atoms with Crippen molar-refractivity contribution in [2.24, 2.45) is 12.5 Å². The molecule has 3 amide bonds. The SMILES string of the molecule is Cn1c(=O)n(C2CCC(=O)NC2=O)c2ccc(CCN3CCN(c4nccc(-c5nc(C67CCC(CNC(=O)c8cc(F)c(O)c(F)c8F)(CC6)CC7)no5)n4)CC3)cc21. The van der Waals surface area contributed by atoms with E-state index in [1.165, 1.54) is 4.57 Å². The Hall–Kier alpha value is -6.11. The number of piperazine rings is 1. The van der Waals surface area contributed by atoms with Gasteiger partial charge in [0.1, 0.15) is 11.7 Å². The monoisotopic (exact) mass is 828 g/mol. The first-order chi connectivity index (χ1) is 28.8. The summed E-state index contributed by atoms with van der Waals surface area (Å²) in [7, 11) is 1.69. The van der Waals surface area contributed by atoms with E-state index in [-0.39, 0.29) is 41.8 Å². The van der Waals surface area contributed by atoms with Gasteiger partial charge in [0, 0.05) is 64.3 Å². The second-order valence-electron chi connectivity index (χ2n) is 16.6. The number of anilines is 1. The molecule has 3 saturated carbocycles. The number of carbonyl (C=O) groups excluding carboxylic acids is 3. The first kappa shape index (κ1) is 39.4. The smallest absolute Gasteiger partial charge is 0.329 e. The summed E-state index contributed by atoms with van der Waals surface area (Å²) in [6, 6.07) is 7.38. The van der Waals surface area contributed by atoms with Crippen LogP contribution in [0.3, 0.4) is 0 Å². The number of imidazole rings is 1. The van der Waals surface area contributed by atoms with Crippen LogP contribution in [0.2, 0.25) is 0 Å². The number of hydrogen-bond donors (Lipinski definition) is 3. The number of phenols is 1. The number of benzene rings is 2. The predicted octanol–water partition coefficient (Wildman–Crippen LogP) is 3.67. The fraction of sp³-hybridized carbons (Fsp3) is 0.463. The summed E-state index contributed by atoms with van der Waals surface area (Å²) in [6.07, 6.45) is 7.35. The molecular weight excluding hydrogens is 786 g/mol. The number of aryl methyl sites for hydroxylation is 1. The largest absolute Gasteiger partial charge is 0.503 e. The van der Waals surface area contributed by atoms with E-state index in [4.69, 9.17) is 14.5 Å². The highest BCUT2D eigenvalue weighted by Crippen LogP contribution is 2.57. The molecule has 10 rings (SSSR count). The van der Waals surface area contributed by atoms with Crippen molar-refractivity contribution < 1.29 is 37.2 Å². The molecule has 5 fully saturated rings. The summed E-state index contributed by atoms with van der Waals surface area (Å²) in [5.41, 5.74) is 1.34. The Bertz CT molecular complexity index is 2570. The third-order valence-corrected chi connectivity index (χ3v) is 13.2. The highest BCUT2D eigenvalue weighted by Gasteiger charge is 2.51. The van der Waals surface area contributed by atoms with Crippen molar-refractivity contribution >= 4 is 34.7 Å². The average molecular weight is 829 g/mol. The zero-order valence-corrected chi connectivity index (χ0v) is 32.8. The fourth-order valence-electron chi connectivity index (χ4n) is 9.39. The molecule has 2 bridgehead atoms. The second-order valence-corrected chi connectivity index (χ2v) is 16.6. The number of amides is 3. The number of piperidine rings is 1. The molecule has 0 radical (unpaired) electrons. The van der Waals surface area contributed by atoms with Crippen molar-refractivity contribution in [1.29, 1.82) is 0 Å². The molecule has 3 aromatic heterocycles. The Balaban J connectivity index is 0.784. The Morgan fingerprint density at radius 3 is 2.45 bits per heavy atom. The highest BCUT2D eigenvalue weighted by atomic mass is 19.2. The average Bonchev–Trinajstić information content (AvgIpc) is 3.87. The summed E-state index contributed by atoms with van der Waals surface area (Å²) in [6.45, 7) is 4.04. The summed E-state index contributed by atoms with van der Waals surface area (Å²) >= 11 is 0. The number of nitrogens with one attached hydrogen (secondary N) is 2. The maximum atomic E-state index is 14.3. The van der Waals surface area contributed by atoms with Gasteiger partial charge in [-0.3, -0.25) is 33.7 Å². The number of imide groups is 1. The Morgan fingerprint density at radius 2 is 1.72 bits per heavy atom. The van der Waals surface area contributed by atoms with Crippen LogP contribution < -0.4 is 21.2 Å². The van der Waals surface area contributed by atoms with Crippen LogP contribution in [-0.2, 0) is 28.5 Å². The van der Waals surface area contributed by atoms with Crippen LogP contribution in [0, 0.1) is 22.9 Å². The number of rotatable bonds is 10. The molecule has 2 aliphatic heterocycles. The van der Waals surface area contributed by atoms with Crippen LogP contribution in [0.15, 0.2) is 45.8 Å². The third kappa shape index (κ3) is 6.97. The van der Waals surface area contributed by atoms with Crippen molar-refractivity contribution in [3.8, 4) is 17.3 Å². The first-order valence-electron chi connectivity index (χ1n) is 20.2. The van der Waals surface area contributed by atoms with Crippen LogP contribution >= 0.6 is 0 Å². The number of aromatic nitrogens is 6.